The number of ether oxygens (including phenoxy) is 5. The zero-order chi connectivity index (χ0) is 29.0. The average molecular weight is 573 g/mol. The molecule has 1 unspecified atom stereocenters. The maximum Gasteiger partial charge on any atom is 0.303 e. The van der Waals surface area contributed by atoms with Gasteiger partial charge in [0.25, 0.3) is 0 Å². The van der Waals surface area contributed by atoms with Gasteiger partial charge in [0.05, 0.1) is 0 Å². The second-order valence-electron chi connectivity index (χ2n) is 9.40. The molecule has 4 rings (SSSR count). The number of halogens is 1. The van der Waals surface area contributed by atoms with E-state index in [0.29, 0.717) is 17.5 Å². The predicted molar refractivity (Wildman–Crippen MR) is 142 cm³/mol. The molecule has 0 amide bonds. The SMILES string of the molecule is CC(=O)OC[C@H]1OC(c2ccc(F)c(Cc3cc4ccccc4s3)c2)[C@H](OC(C)=O)[C@@H](OC(C)=O)[C@@H]1OC(C)=O. The van der Waals surface area contributed by atoms with E-state index in [9.17, 15) is 19.2 Å². The van der Waals surface area contributed by atoms with Gasteiger partial charge in [-0.2, -0.15) is 0 Å². The number of benzene rings is 2. The molecule has 3 aromatic rings. The Morgan fingerprint density at radius 3 is 2.12 bits per heavy atom. The third-order valence-corrected chi connectivity index (χ3v) is 7.35. The first-order valence-corrected chi connectivity index (χ1v) is 13.4. The van der Waals surface area contributed by atoms with Crippen LogP contribution in [0, 0.1) is 5.82 Å². The number of fused-ring (bicyclic) bond motifs is 1. The summed E-state index contributed by atoms with van der Waals surface area (Å²) in [7, 11) is 0. The number of carbonyl (C=O) groups is 4. The summed E-state index contributed by atoms with van der Waals surface area (Å²) in [6.45, 7) is 4.34. The lowest BCUT2D eigenvalue weighted by Crippen LogP contribution is -2.59. The predicted octanol–water partition coefficient (Wildman–Crippen LogP) is 4.43. The third kappa shape index (κ3) is 7.02. The topological polar surface area (TPSA) is 114 Å². The van der Waals surface area contributed by atoms with E-state index in [-0.39, 0.29) is 6.61 Å². The molecule has 0 saturated carbocycles. The van der Waals surface area contributed by atoms with Crippen molar-refractivity contribution in [1.29, 1.82) is 0 Å². The van der Waals surface area contributed by atoms with Crippen LogP contribution in [0.2, 0.25) is 0 Å². The molecule has 9 nitrogen and oxygen atoms in total. The highest BCUT2D eigenvalue weighted by molar-refractivity contribution is 7.19. The third-order valence-electron chi connectivity index (χ3n) is 6.23. The zero-order valence-electron chi connectivity index (χ0n) is 22.4. The second kappa shape index (κ2) is 12.6. The molecule has 1 aliphatic rings. The molecule has 2 aromatic carbocycles. The number of esters is 4. The van der Waals surface area contributed by atoms with Gasteiger partial charge >= 0.3 is 23.9 Å². The van der Waals surface area contributed by atoms with Crippen molar-refractivity contribution in [3.05, 3.63) is 70.4 Å². The lowest BCUT2D eigenvalue weighted by molar-refractivity contribution is -0.254. The summed E-state index contributed by atoms with van der Waals surface area (Å²) in [5.74, 6) is -3.20. The summed E-state index contributed by atoms with van der Waals surface area (Å²) < 4.78 is 43.9. The maximum absolute atomic E-state index is 15.0. The lowest BCUT2D eigenvalue weighted by atomic mass is 9.89. The molecule has 11 heteroatoms. The van der Waals surface area contributed by atoms with Crippen LogP contribution in [0.3, 0.4) is 0 Å². The summed E-state index contributed by atoms with van der Waals surface area (Å²) in [6.07, 6.45) is -5.71. The highest BCUT2D eigenvalue weighted by Gasteiger charge is 2.52. The van der Waals surface area contributed by atoms with Crippen LogP contribution >= 0.6 is 11.3 Å². The quantitative estimate of drug-likeness (QED) is 0.286. The summed E-state index contributed by atoms with van der Waals surface area (Å²) >= 11 is 1.55. The van der Waals surface area contributed by atoms with Gasteiger partial charge in [-0.15, -0.1) is 11.3 Å². The Hall–Kier alpha value is -3.83. The van der Waals surface area contributed by atoms with Gasteiger partial charge < -0.3 is 23.7 Å². The minimum Gasteiger partial charge on any atom is -0.463 e. The molecule has 0 bridgehead atoms. The molecule has 1 saturated heterocycles. The molecule has 0 radical (unpaired) electrons. The van der Waals surface area contributed by atoms with Crippen LogP contribution in [-0.4, -0.2) is 54.9 Å². The van der Waals surface area contributed by atoms with Crippen molar-refractivity contribution in [1.82, 2.24) is 0 Å². The largest absolute Gasteiger partial charge is 0.463 e. The van der Waals surface area contributed by atoms with Crippen LogP contribution in [0.5, 0.6) is 0 Å². The van der Waals surface area contributed by atoms with Gasteiger partial charge in [-0.1, -0.05) is 24.3 Å². The normalized spacial score (nSPS) is 22.4. The van der Waals surface area contributed by atoms with Gasteiger partial charge in [0, 0.05) is 43.7 Å². The monoisotopic (exact) mass is 572 g/mol. The minimum atomic E-state index is -1.30. The minimum absolute atomic E-state index is 0.296. The highest BCUT2D eigenvalue weighted by Crippen LogP contribution is 2.38. The van der Waals surface area contributed by atoms with Crippen molar-refractivity contribution in [2.45, 2.75) is 64.6 Å². The molecule has 0 N–H and O–H groups in total. The maximum atomic E-state index is 15.0. The van der Waals surface area contributed by atoms with Crippen molar-refractivity contribution < 1.29 is 47.3 Å². The molecule has 5 atom stereocenters. The Morgan fingerprint density at radius 2 is 1.48 bits per heavy atom. The molecule has 212 valence electrons. The summed E-state index contributed by atoms with van der Waals surface area (Å²) in [5.41, 5.74) is 0.798. The van der Waals surface area contributed by atoms with Crippen molar-refractivity contribution in [2.75, 3.05) is 6.61 Å². The number of hydrogen-bond acceptors (Lipinski definition) is 10. The molecule has 40 heavy (non-hydrogen) atoms. The van der Waals surface area contributed by atoms with Gasteiger partial charge in [-0.25, -0.2) is 4.39 Å². The Bertz CT molecular complexity index is 1380. The molecule has 1 fully saturated rings. The van der Waals surface area contributed by atoms with Crippen molar-refractivity contribution in [3.63, 3.8) is 0 Å². The smallest absolute Gasteiger partial charge is 0.303 e. The lowest BCUT2D eigenvalue weighted by Gasteiger charge is -2.44. The fraction of sp³-hybridized carbons (Fsp3) is 0.379. The van der Waals surface area contributed by atoms with E-state index in [1.54, 1.807) is 17.4 Å². The van der Waals surface area contributed by atoms with E-state index in [2.05, 4.69) is 0 Å². The first kappa shape index (κ1) is 29.2. The Morgan fingerprint density at radius 1 is 0.825 bits per heavy atom. The van der Waals surface area contributed by atoms with Crippen LogP contribution in [-0.2, 0) is 49.3 Å². The fourth-order valence-electron chi connectivity index (χ4n) is 4.72. The van der Waals surface area contributed by atoms with E-state index in [0.717, 1.165) is 28.8 Å². The summed E-state index contributed by atoms with van der Waals surface area (Å²) in [5, 5.41) is 1.05. The molecular weight excluding hydrogens is 543 g/mol. The standard InChI is InChI=1S/C29H29FO9S/c1-15(31)35-14-24-27(36-16(2)32)29(38-18(4)34)28(37-17(3)33)26(39-24)20-9-10-23(30)21(11-20)13-22-12-19-7-5-6-8-25(19)40-22/h5-12,24,26-29H,13-14H2,1-4H3/t24-,26?,27-,28+,29+/m1/s1. The summed E-state index contributed by atoms with van der Waals surface area (Å²) in [6, 6.07) is 14.2. The molecule has 0 spiro atoms. The van der Waals surface area contributed by atoms with Gasteiger partial charge in [0.15, 0.2) is 18.3 Å². The average Bonchev–Trinajstić information content (AvgIpc) is 3.28. The molecule has 1 aliphatic heterocycles. The Kier molecular flexibility index (Phi) is 9.16. The van der Waals surface area contributed by atoms with Crippen molar-refractivity contribution in [3.8, 4) is 0 Å². The molecule has 2 heterocycles. The fourth-order valence-corrected chi connectivity index (χ4v) is 5.80. The molecular formula is C29H29FO9S. The first-order valence-electron chi connectivity index (χ1n) is 12.6. The van der Waals surface area contributed by atoms with E-state index in [1.165, 1.54) is 26.0 Å². The van der Waals surface area contributed by atoms with Gasteiger partial charge in [-0.3, -0.25) is 19.2 Å². The molecule has 0 aliphatic carbocycles. The number of hydrogen-bond donors (Lipinski definition) is 0. The Balaban J connectivity index is 1.74. The first-order chi connectivity index (χ1) is 19.0. The van der Waals surface area contributed by atoms with Crippen LogP contribution in [0.4, 0.5) is 4.39 Å². The number of rotatable bonds is 8. The second-order valence-corrected chi connectivity index (χ2v) is 10.6. The number of thiophene rings is 1. The van der Waals surface area contributed by atoms with E-state index >= 15 is 4.39 Å². The van der Waals surface area contributed by atoms with E-state index in [1.807, 2.05) is 30.3 Å². The highest BCUT2D eigenvalue weighted by atomic mass is 32.1. The van der Waals surface area contributed by atoms with Crippen LogP contribution in [0.25, 0.3) is 10.1 Å². The van der Waals surface area contributed by atoms with Crippen LogP contribution < -0.4 is 0 Å². The van der Waals surface area contributed by atoms with E-state index < -0.39 is 60.2 Å². The zero-order valence-corrected chi connectivity index (χ0v) is 23.2. The van der Waals surface area contributed by atoms with Gasteiger partial charge in [-0.05, 0) is 40.8 Å². The van der Waals surface area contributed by atoms with Crippen molar-refractivity contribution in [2.24, 2.45) is 0 Å². The van der Waals surface area contributed by atoms with Gasteiger partial charge in [0.2, 0.25) is 0 Å². The Labute approximate surface area is 234 Å². The number of carbonyl (C=O) groups excluding carboxylic acids is 4. The van der Waals surface area contributed by atoms with Gasteiger partial charge in [0.1, 0.15) is 24.6 Å². The van der Waals surface area contributed by atoms with Crippen LogP contribution in [0.1, 0.15) is 49.8 Å². The molecule has 1 aromatic heterocycles. The van der Waals surface area contributed by atoms with Crippen LogP contribution in [0.15, 0.2) is 48.5 Å². The van der Waals surface area contributed by atoms with E-state index in [4.69, 9.17) is 23.7 Å². The summed E-state index contributed by atoms with van der Waals surface area (Å²) in [4.78, 5) is 48.7. The van der Waals surface area contributed by atoms with Crippen molar-refractivity contribution >= 4 is 45.3 Å².